The van der Waals surface area contributed by atoms with Crippen LogP contribution in [0.1, 0.15) is 43.7 Å². The van der Waals surface area contributed by atoms with Crippen molar-refractivity contribution >= 4 is 11.6 Å². The summed E-state index contributed by atoms with van der Waals surface area (Å²) in [6.07, 6.45) is 2.13. The number of hydrogen-bond acceptors (Lipinski definition) is 1. The van der Waals surface area contributed by atoms with Gasteiger partial charge >= 0.3 is 0 Å². The number of hydrogen-bond donors (Lipinski definition) is 1. The summed E-state index contributed by atoms with van der Waals surface area (Å²) in [5, 5.41) is 2.74. The van der Waals surface area contributed by atoms with E-state index < -0.39 is 5.41 Å². The topological polar surface area (TPSA) is 29.1 Å². The molecule has 1 aliphatic heterocycles. The zero-order valence-corrected chi connectivity index (χ0v) is 9.43. The van der Waals surface area contributed by atoms with E-state index >= 15 is 0 Å². The molecule has 3 heteroatoms. The van der Waals surface area contributed by atoms with Gasteiger partial charge in [-0.25, -0.2) is 4.39 Å². The summed E-state index contributed by atoms with van der Waals surface area (Å²) in [7, 11) is 0. The smallest absolute Gasteiger partial charge is 0.234 e. The number of benzene rings is 1. The second kappa shape index (κ2) is 2.84. The van der Waals surface area contributed by atoms with Crippen molar-refractivity contribution in [1.29, 1.82) is 0 Å². The highest BCUT2D eigenvalue weighted by atomic mass is 19.1. The second-order valence-corrected chi connectivity index (χ2v) is 5.24. The molecule has 3 rings (SSSR count). The SMILES string of the molecule is CC1(C)C(=O)Nc2ccc(C3CC3)c(F)c21. The first-order chi connectivity index (χ1) is 7.51. The number of halogens is 1. The molecular formula is C13H14FNO. The van der Waals surface area contributed by atoms with E-state index in [0.29, 0.717) is 17.2 Å². The van der Waals surface area contributed by atoms with Crippen LogP contribution in [0.2, 0.25) is 0 Å². The van der Waals surface area contributed by atoms with E-state index in [-0.39, 0.29) is 11.7 Å². The van der Waals surface area contributed by atoms with Crippen LogP contribution in [0.4, 0.5) is 10.1 Å². The third kappa shape index (κ3) is 1.14. The molecule has 2 nitrogen and oxygen atoms in total. The van der Waals surface area contributed by atoms with Gasteiger partial charge in [-0.05, 0) is 44.2 Å². The van der Waals surface area contributed by atoms with Gasteiger partial charge in [-0.15, -0.1) is 0 Å². The minimum absolute atomic E-state index is 0.116. The molecule has 1 aromatic carbocycles. The summed E-state index contributed by atoms with van der Waals surface area (Å²) in [5.41, 5.74) is 1.21. The third-order valence-corrected chi connectivity index (χ3v) is 3.63. The van der Waals surface area contributed by atoms with Gasteiger partial charge in [-0.2, -0.15) is 0 Å². The molecule has 16 heavy (non-hydrogen) atoms. The van der Waals surface area contributed by atoms with Gasteiger partial charge in [0.05, 0.1) is 5.41 Å². The lowest BCUT2D eigenvalue weighted by atomic mass is 9.84. The summed E-state index contributed by atoms with van der Waals surface area (Å²) in [4.78, 5) is 11.7. The lowest BCUT2D eigenvalue weighted by Gasteiger charge is -2.17. The standard InChI is InChI=1S/C13H14FNO/c1-13(2)10-9(15-12(13)16)6-5-8(11(10)14)7-3-4-7/h5-7H,3-4H2,1-2H3,(H,15,16). The van der Waals surface area contributed by atoms with E-state index in [0.717, 1.165) is 18.4 Å². The van der Waals surface area contributed by atoms with Crippen LogP contribution in [-0.4, -0.2) is 5.91 Å². The van der Waals surface area contributed by atoms with Gasteiger partial charge in [-0.3, -0.25) is 4.79 Å². The quantitative estimate of drug-likeness (QED) is 0.773. The zero-order chi connectivity index (χ0) is 11.5. The number of carbonyl (C=O) groups is 1. The Balaban J connectivity index is 2.21. The van der Waals surface area contributed by atoms with Gasteiger partial charge < -0.3 is 5.32 Å². The highest BCUT2D eigenvalue weighted by molar-refractivity contribution is 6.05. The van der Waals surface area contributed by atoms with Crippen molar-refractivity contribution in [2.75, 3.05) is 5.32 Å². The van der Waals surface area contributed by atoms with E-state index in [1.54, 1.807) is 13.8 Å². The van der Waals surface area contributed by atoms with Crippen molar-refractivity contribution in [3.63, 3.8) is 0 Å². The first kappa shape index (κ1) is 9.82. The molecule has 1 fully saturated rings. The maximum Gasteiger partial charge on any atom is 0.234 e. The van der Waals surface area contributed by atoms with Crippen molar-refractivity contribution in [3.8, 4) is 0 Å². The number of fused-ring (bicyclic) bond motifs is 1. The van der Waals surface area contributed by atoms with Gasteiger partial charge in [0.15, 0.2) is 0 Å². The number of anilines is 1. The average Bonchev–Trinajstić information content (AvgIpc) is 2.97. The number of rotatable bonds is 1. The Hall–Kier alpha value is -1.38. The van der Waals surface area contributed by atoms with Crippen molar-refractivity contribution in [2.45, 2.75) is 38.0 Å². The van der Waals surface area contributed by atoms with E-state index in [2.05, 4.69) is 5.32 Å². The summed E-state index contributed by atoms with van der Waals surface area (Å²) in [6, 6.07) is 3.65. The Morgan fingerprint density at radius 2 is 2.06 bits per heavy atom. The van der Waals surface area contributed by atoms with Gasteiger partial charge in [0.1, 0.15) is 5.82 Å². The van der Waals surface area contributed by atoms with Gasteiger partial charge in [0.25, 0.3) is 0 Å². The van der Waals surface area contributed by atoms with Crippen LogP contribution in [-0.2, 0) is 10.2 Å². The number of amides is 1. The Morgan fingerprint density at radius 1 is 1.38 bits per heavy atom. The Bertz CT molecular complexity index is 489. The Labute approximate surface area is 93.9 Å². The second-order valence-electron chi connectivity index (χ2n) is 5.24. The molecular weight excluding hydrogens is 205 g/mol. The molecule has 0 saturated heterocycles. The van der Waals surface area contributed by atoms with E-state index in [9.17, 15) is 9.18 Å². The third-order valence-electron chi connectivity index (χ3n) is 3.63. The summed E-state index contributed by atoms with van der Waals surface area (Å²) < 4.78 is 14.3. The maximum atomic E-state index is 14.3. The molecule has 1 aromatic rings. The van der Waals surface area contributed by atoms with Crippen molar-refractivity contribution < 1.29 is 9.18 Å². The molecule has 1 heterocycles. The van der Waals surface area contributed by atoms with E-state index in [4.69, 9.17) is 0 Å². The van der Waals surface area contributed by atoms with E-state index in [1.807, 2.05) is 12.1 Å². The molecule has 1 amide bonds. The molecule has 1 aliphatic carbocycles. The monoisotopic (exact) mass is 219 g/mol. The first-order valence-corrected chi connectivity index (χ1v) is 5.66. The molecule has 1 N–H and O–H groups in total. The molecule has 0 bridgehead atoms. The minimum atomic E-state index is -0.746. The van der Waals surface area contributed by atoms with Crippen molar-refractivity contribution in [3.05, 3.63) is 29.1 Å². The van der Waals surface area contributed by atoms with E-state index in [1.165, 1.54) is 0 Å². The van der Waals surface area contributed by atoms with Crippen LogP contribution in [0.25, 0.3) is 0 Å². The average molecular weight is 219 g/mol. The molecule has 0 atom stereocenters. The molecule has 0 radical (unpaired) electrons. The van der Waals surface area contributed by atoms with Crippen LogP contribution in [0, 0.1) is 5.82 Å². The molecule has 84 valence electrons. The van der Waals surface area contributed by atoms with Crippen molar-refractivity contribution in [1.82, 2.24) is 0 Å². The molecule has 1 saturated carbocycles. The molecule has 0 aromatic heterocycles. The van der Waals surface area contributed by atoms with Gasteiger partial charge in [-0.1, -0.05) is 6.07 Å². The van der Waals surface area contributed by atoms with Crippen LogP contribution in [0.3, 0.4) is 0 Å². The highest BCUT2D eigenvalue weighted by Gasteiger charge is 2.42. The van der Waals surface area contributed by atoms with Crippen LogP contribution < -0.4 is 5.32 Å². The van der Waals surface area contributed by atoms with Gasteiger partial charge in [0.2, 0.25) is 5.91 Å². The van der Waals surface area contributed by atoms with Crippen LogP contribution in [0.15, 0.2) is 12.1 Å². The fourth-order valence-corrected chi connectivity index (χ4v) is 2.41. The summed E-state index contributed by atoms with van der Waals surface area (Å²) >= 11 is 0. The highest BCUT2D eigenvalue weighted by Crippen LogP contribution is 2.46. The van der Waals surface area contributed by atoms with Crippen LogP contribution >= 0.6 is 0 Å². The van der Waals surface area contributed by atoms with Crippen LogP contribution in [0.5, 0.6) is 0 Å². The maximum absolute atomic E-state index is 14.3. The Kier molecular flexibility index (Phi) is 1.74. The first-order valence-electron chi connectivity index (χ1n) is 5.66. The minimum Gasteiger partial charge on any atom is -0.325 e. The summed E-state index contributed by atoms with van der Waals surface area (Å²) in [5.74, 6) is 0.0782. The zero-order valence-electron chi connectivity index (χ0n) is 9.43. The fraction of sp³-hybridized carbons (Fsp3) is 0.462. The molecule has 0 unspecified atom stereocenters. The lowest BCUT2D eigenvalue weighted by molar-refractivity contribution is -0.119. The number of carbonyl (C=O) groups excluding carboxylic acids is 1. The predicted molar refractivity (Wildman–Crippen MR) is 60.0 cm³/mol. The molecule has 0 spiro atoms. The normalized spacial score (nSPS) is 21.8. The lowest BCUT2D eigenvalue weighted by Crippen LogP contribution is -2.27. The van der Waals surface area contributed by atoms with Crippen molar-refractivity contribution in [2.24, 2.45) is 0 Å². The van der Waals surface area contributed by atoms with Gasteiger partial charge in [0, 0.05) is 11.3 Å². The predicted octanol–water partition coefficient (Wildman–Crippen LogP) is 2.93. The molecule has 2 aliphatic rings. The fourth-order valence-electron chi connectivity index (χ4n) is 2.41. The number of nitrogens with one attached hydrogen (secondary N) is 1. The largest absolute Gasteiger partial charge is 0.325 e. The Morgan fingerprint density at radius 3 is 2.69 bits per heavy atom. The summed E-state index contributed by atoms with van der Waals surface area (Å²) in [6.45, 7) is 3.54.